The number of piperidine rings is 1. The van der Waals surface area contributed by atoms with Crippen molar-refractivity contribution in [1.29, 1.82) is 0 Å². The Kier molecular flexibility index (Phi) is 4.74. The van der Waals surface area contributed by atoms with E-state index < -0.39 is 22.9 Å². The number of nitrogens with two attached hydrogens (primary N) is 1. The van der Waals surface area contributed by atoms with Crippen LogP contribution in [0.15, 0.2) is 24.3 Å². The SMILES string of the molecule is CC1(C)CC(N)CC(C)(C)N1C(=O)C(=O)Nc1ccccc1Cl. The quantitative estimate of drug-likeness (QED) is 0.774. The Labute approximate surface area is 142 Å². The number of halogens is 1. The largest absolute Gasteiger partial charge is 0.328 e. The van der Waals surface area contributed by atoms with Crippen molar-refractivity contribution in [3.63, 3.8) is 0 Å². The third-order valence-corrected chi connectivity index (χ3v) is 4.58. The zero-order chi connectivity index (χ0) is 17.4. The van der Waals surface area contributed by atoms with Crippen LogP contribution in [0.2, 0.25) is 5.02 Å². The smallest absolute Gasteiger partial charge is 0.313 e. The van der Waals surface area contributed by atoms with Gasteiger partial charge in [-0.1, -0.05) is 23.7 Å². The zero-order valence-corrected chi connectivity index (χ0v) is 14.8. The van der Waals surface area contributed by atoms with Gasteiger partial charge in [-0.3, -0.25) is 9.59 Å². The fourth-order valence-electron chi connectivity index (χ4n) is 3.75. The first kappa shape index (κ1) is 17.8. The number of anilines is 1. The molecular weight excluding hydrogens is 314 g/mol. The first-order valence-electron chi connectivity index (χ1n) is 7.70. The van der Waals surface area contributed by atoms with Crippen LogP contribution in [0.4, 0.5) is 5.69 Å². The highest BCUT2D eigenvalue weighted by Gasteiger charge is 2.48. The van der Waals surface area contributed by atoms with Crippen molar-refractivity contribution in [2.45, 2.75) is 57.7 Å². The minimum atomic E-state index is -0.685. The second-order valence-corrected chi connectivity index (χ2v) is 7.77. The topological polar surface area (TPSA) is 75.4 Å². The summed E-state index contributed by atoms with van der Waals surface area (Å²) in [6.07, 6.45) is 1.31. The molecule has 3 N–H and O–H groups in total. The lowest BCUT2D eigenvalue weighted by Gasteiger charge is -2.54. The molecule has 1 aromatic carbocycles. The molecule has 5 nitrogen and oxygen atoms in total. The average Bonchev–Trinajstić information content (AvgIpc) is 2.37. The molecule has 0 unspecified atom stereocenters. The van der Waals surface area contributed by atoms with Gasteiger partial charge < -0.3 is 16.0 Å². The molecule has 126 valence electrons. The lowest BCUT2D eigenvalue weighted by atomic mass is 9.77. The molecule has 1 saturated heterocycles. The number of likely N-dealkylation sites (tertiary alicyclic amines) is 1. The van der Waals surface area contributed by atoms with Gasteiger partial charge in [-0.15, -0.1) is 0 Å². The van der Waals surface area contributed by atoms with Crippen LogP contribution >= 0.6 is 11.6 Å². The maximum atomic E-state index is 12.8. The molecule has 0 aromatic heterocycles. The molecule has 0 radical (unpaired) electrons. The number of carbonyl (C=O) groups excluding carboxylic acids is 2. The van der Waals surface area contributed by atoms with Crippen molar-refractivity contribution < 1.29 is 9.59 Å². The molecule has 1 aromatic rings. The number of benzene rings is 1. The maximum Gasteiger partial charge on any atom is 0.313 e. The van der Waals surface area contributed by atoms with Crippen LogP contribution < -0.4 is 11.1 Å². The highest BCUT2D eigenvalue weighted by molar-refractivity contribution is 6.41. The average molecular weight is 338 g/mol. The minimum absolute atomic E-state index is 0.00989. The highest BCUT2D eigenvalue weighted by Crippen LogP contribution is 2.38. The van der Waals surface area contributed by atoms with Gasteiger partial charge in [0.05, 0.1) is 10.7 Å². The predicted octanol–water partition coefficient (Wildman–Crippen LogP) is 2.79. The first-order chi connectivity index (χ1) is 10.5. The Morgan fingerprint density at radius 2 is 1.70 bits per heavy atom. The van der Waals surface area contributed by atoms with Gasteiger partial charge in [-0.25, -0.2) is 0 Å². The Hall–Kier alpha value is -1.59. The Morgan fingerprint density at radius 1 is 1.17 bits per heavy atom. The van der Waals surface area contributed by atoms with Crippen molar-refractivity contribution in [3.05, 3.63) is 29.3 Å². The summed E-state index contributed by atoms with van der Waals surface area (Å²) in [6.45, 7) is 7.76. The van der Waals surface area contributed by atoms with Gasteiger partial charge in [0.15, 0.2) is 0 Å². The summed E-state index contributed by atoms with van der Waals surface area (Å²) in [5.74, 6) is -1.25. The Balaban J connectivity index is 2.24. The number of amides is 2. The molecule has 1 aliphatic heterocycles. The molecule has 0 aliphatic carbocycles. The van der Waals surface area contributed by atoms with Crippen LogP contribution in [0.5, 0.6) is 0 Å². The van der Waals surface area contributed by atoms with E-state index in [1.807, 2.05) is 27.7 Å². The van der Waals surface area contributed by atoms with Crippen LogP contribution in [-0.2, 0) is 9.59 Å². The van der Waals surface area contributed by atoms with Gasteiger partial charge in [0.1, 0.15) is 0 Å². The molecule has 1 aliphatic rings. The summed E-state index contributed by atoms with van der Waals surface area (Å²) in [5.41, 5.74) is 5.56. The van der Waals surface area contributed by atoms with Crippen LogP contribution in [0.3, 0.4) is 0 Å². The lowest BCUT2D eigenvalue weighted by Crippen LogP contribution is -2.66. The summed E-state index contributed by atoms with van der Waals surface area (Å²) in [7, 11) is 0. The van der Waals surface area contributed by atoms with E-state index in [0.29, 0.717) is 23.6 Å². The summed E-state index contributed by atoms with van der Waals surface area (Å²) in [4.78, 5) is 26.9. The fourth-order valence-corrected chi connectivity index (χ4v) is 3.93. The Bertz CT molecular complexity index is 610. The molecule has 0 spiro atoms. The third kappa shape index (κ3) is 3.67. The molecule has 0 saturated carbocycles. The summed E-state index contributed by atoms with van der Waals surface area (Å²) in [6, 6.07) is 6.85. The summed E-state index contributed by atoms with van der Waals surface area (Å²) in [5, 5.41) is 3.00. The van der Waals surface area contributed by atoms with E-state index in [-0.39, 0.29) is 6.04 Å². The molecule has 2 amide bonds. The van der Waals surface area contributed by atoms with Crippen molar-refractivity contribution >= 4 is 29.1 Å². The predicted molar refractivity (Wildman–Crippen MR) is 92.3 cm³/mol. The first-order valence-corrected chi connectivity index (χ1v) is 8.08. The second kappa shape index (κ2) is 6.13. The standard InChI is InChI=1S/C17H24ClN3O2/c1-16(2)9-11(19)10-17(3,4)21(16)15(23)14(22)20-13-8-6-5-7-12(13)18/h5-8,11H,9-10,19H2,1-4H3,(H,20,22). The fraction of sp³-hybridized carbons (Fsp3) is 0.529. The summed E-state index contributed by atoms with van der Waals surface area (Å²) < 4.78 is 0. The van der Waals surface area contributed by atoms with Gasteiger partial charge >= 0.3 is 11.8 Å². The normalized spacial score (nSPS) is 20.2. The van der Waals surface area contributed by atoms with E-state index in [1.165, 1.54) is 0 Å². The van der Waals surface area contributed by atoms with E-state index in [4.69, 9.17) is 17.3 Å². The molecule has 0 bridgehead atoms. The van der Waals surface area contributed by atoms with Crippen molar-refractivity contribution in [1.82, 2.24) is 4.90 Å². The van der Waals surface area contributed by atoms with E-state index in [1.54, 1.807) is 29.2 Å². The zero-order valence-electron chi connectivity index (χ0n) is 14.0. The maximum absolute atomic E-state index is 12.8. The molecule has 2 rings (SSSR count). The molecule has 1 heterocycles. The number of nitrogens with zero attached hydrogens (tertiary/aromatic N) is 1. The molecule has 6 heteroatoms. The Morgan fingerprint density at radius 3 is 2.22 bits per heavy atom. The number of para-hydroxylation sites is 1. The van der Waals surface area contributed by atoms with Gasteiger partial charge in [0.25, 0.3) is 0 Å². The van der Waals surface area contributed by atoms with Crippen LogP contribution in [0.1, 0.15) is 40.5 Å². The molecule has 23 heavy (non-hydrogen) atoms. The van der Waals surface area contributed by atoms with Crippen LogP contribution in [0.25, 0.3) is 0 Å². The monoisotopic (exact) mass is 337 g/mol. The van der Waals surface area contributed by atoms with Crippen LogP contribution in [-0.4, -0.2) is 33.8 Å². The van der Waals surface area contributed by atoms with E-state index in [2.05, 4.69) is 5.32 Å². The molecule has 0 atom stereocenters. The van der Waals surface area contributed by atoms with Crippen molar-refractivity contribution in [2.24, 2.45) is 5.73 Å². The van der Waals surface area contributed by atoms with Gasteiger partial charge in [0, 0.05) is 17.1 Å². The van der Waals surface area contributed by atoms with Crippen molar-refractivity contribution in [3.8, 4) is 0 Å². The summed E-state index contributed by atoms with van der Waals surface area (Å²) >= 11 is 6.03. The second-order valence-electron chi connectivity index (χ2n) is 7.37. The number of hydrogen-bond donors (Lipinski definition) is 2. The lowest BCUT2D eigenvalue weighted by molar-refractivity contribution is -0.156. The number of carbonyl (C=O) groups is 2. The van der Waals surface area contributed by atoms with Gasteiger partial charge in [-0.2, -0.15) is 0 Å². The third-order valence-electron chi connectivity index (χ3n) is 4.25. The highest BCUT2D eigenvalue weighted by atomic mass is 35.5. The van der Waals surface area contributed by atoms with E-state index >= 15 is 0 Å². The van der Waals surface area contributed by atoms with Gasteiger partial charge in [-0.05, 0) is 52.7 Å². The number of rotatable bonds is 1. The van der Waals surface area contributed by atoms with E-state index in [9.17, 15) is 9.59 Å². The van der Waals surface area contributed by atoms with E-state index in [0.717, 1.165) is 0 Å². The minimum Gasteiger partial charge on any atom is -0.328 e. The van der Waals surface area contributed by atoms with Crippen molar-refractivity contribution in [2.75, 3.05) is 5.32 Å². The number of nitrogens with one attached hydrogen (secondary N) is 1. The van der Waals surface area contributed by atoms with Crippen LogP contribution in [0, 0.1) is 0 Å². The molecule has 1 fully saturated rings. The number of hydrogen-bond acceptors (Lipinski definition) is 3. The molecular formula is C17H24ClN3O2. The van der Waals surface area contributed by atoms with Gasteiger partial charge in [0.2, 0.25) is 0 Å².